The predicted octanol–water partition coefficient (Wildman–Crippen LogP) is 6.96. The maximum Gasteiger partial charge on any atom is 0.142 e. The van der Waals surface area contributed by atoms with Gasteiger partial charge >= 0.3 is 0 Å². The molecule has 284 valence electrons. The molecule has 0 spiro atoms. The molecule has 0 radical (unpaired) electrons. The van der Waals surface area contributed by atoms with Gasteiger partial charge in [0.15, 0.2) is 0 Å². The lowest BCUT2D eigenvalue weighted by Gasteiger charge is -2.17. The Labute approximate surface area is 330 Å². The Balaban J connectivity index is 1.24. The summed E-state index contributed by atoms with van der Waals surface area (Å²) in [5, 5.41) is 40.9. The Morgan fingerprint density at radius 3 is 2.22 bits per heavy atom. The van der Waals surface area contributed by atoms with Crippen LogP contribution in [0.25, 0.3) is 22.0 Å². The van der Waals surface area contributed by atoms with Crippen molar-refractivity contribution in [1.82, 2.24) is 25.4 Å². The number of benzene rings is 4. The van der Waals surface area contributed by atoms with E-state index in [0.717, 1.165) is 55.4 Å². The topological polar surface area (TPSA) is 147 Å². The fourth-order valence-electron chi connectivity index (χ4n) is 6.35. The van der Waals surface area contributed by atoms with E-state index in [4.69, 9.17) is 47.6 Å². The van der Waals surface area contributed by atoms with Crippen LogP contribution in [0.4, 0.5) is 0 Å². The van der Waals surface area contributed by atoms with E-state index in [1.165, 1.54) is 6.20 Å². The third-order valence-corrected chi connectivity index (χ3v) is 9.86. The summed E-state index contributed by atoms with van der Waals surface area (Å²) in [6.07, 6.45) is 5.06. The Morgan fingerprint density at radius 2 is 1.47 bits per heavy atom. The van der Waals surface area contributed by atoms with Gasteiger partial charge in [-0.3, -0.25) is 9.67 Å². The SMILES string of the molecule is COc1cc(OCc2cccc(-c3cccc4c3cnn4Cc3cc(OCc4cncc(C#N)c4)c(CNCCO)cc3Cl)c2C)c(Cl)cc1CNCCO. The molecule has 6 rings (SSSR count). The third kappa shape index (κ3) is 9.55. The zero-order valence-electron chi connectivity index (χ0n) is 30.6. The van der Waals surface area contributed by atoms with Crippen molar-refractivity contribution in [2.45, 2.75) is 39.8 Å². The lowest BCUT2D eigenvalue weighted by molar-refractivity contribution is 0.287. The number of rotatable bonds is 18. The monoisotopic (exact) mass is 780 g/mol. The number of halogens is 2. The number of aromatic nitrogens is 3. The van der Waals surface area contributed by atoms with Crippen LogP contribution in [0, 0.1) is 18.3 Å². The van der Waals surface area contributed by atoms with Gasteiger partial charge in [-0.2, -0.15) is 10.4 Å². The summed E-state index contributed by atoms with van der Waals surface area (Å²) >= 11 is 13.5. The number of nitrogens with zero attached hydrogens (tertiary/aromatic N) is 4. The minimum atomic E-state index is 0.00547. The quantitative estimate of drug-likeness (QED) is 0.0675. The number of nitriles is 1. The van der Waals surface area contributed by atoms with Gasteiger partial charge in [0.25, 0.3) is 0 Å². The van der Waals surface area contributed by atoms with Crippen molar-refractivity contribution < 1.29 is 24.4 Å². The van der Waals surface area contributed by atoms with Gasteiger partial charge in [-0.15, -0.1) is 0 Å². The van der Waals surface area contributed by atoms with Gasteiger partial charge in [-0.25, -0.2) is 0 Å². The van der Waals surface area contributed by atoms with E-state index in [1.807, 2.05) is 53.3 Å². The number of nitrogens with one attached hydrogen (secondary N) is 2. The highest BCUT2D eigenvalue weighted by Gasteiger charge is 2.17. The number of pyridine rings is 1. The average Bonchev–Trinajstić information content (AvgIpc) is 3.61. The van der Waals surface area contributed by atoms with Crippen molar-refractivity contribution in [3.8, 4) is 34.4 Å². The molecule has 2 heterocycles. The highest BCUT2D eigenvalue weighted by Crippen LogP contribution is 2.36. The minimum Gasteiger partial charge on any atom is -0.496 e. The largest absolute Gasteiger partial charge is 0.496 e. The highest BCUT2D eigenvalue weighted by molar-refractivity contribution is 6.32. The summed E-state index contributed by atoms with van der Waals surface area (Å²) in [6, 6.07) is 23.6. The van der Waals surface area contributed by atoms with Crippen LogP contribution < -0.4 is 24.8 Å². The maximum absolute atomic E-state index is 9.31. The molecule has 0 fully saturated rings. The first-order valence-electron chi connectivity index (χ1n) is 17.8. The standard InChI is InChI=1S/C42H42Cl2N6O5/c1-27-30(26-55-42-17-40(53-2)31(15-38(42)44)21-46-9-11-51)5-3-6-34(27)35-7-4-8-39-36(35)23-49-50(39)24-33-16-41(32(14-37(33)43)22-47-10-12-52)54-25-29-13-28(18-45)19-48-20-29/h3-8,13-17,19-20,23,46-47,51-52H,9-12,21-22,24-26H2,1-2H3. The molecule has 0 bridgehead atoms. The fourth-order valence-corrected chi connectivity index (χ4v) is 6.84. The van der Waals surface area contributed by atoms with E-state index < -0.39 is 0 Å². The van der Waals surface area contributed by atoms with Gasteiger partial charge in [0, 0.05) is 71.7 Å². The molecule has 0 amide bonds. The zero-order chi connectivity index (χ0) is 38.7. The van der Waals surface area contributed by atoms with Crippen LogP contribution in [-0.2, 0) is 32.8 Å². The van der Waals surface area contributed by atoms with Crippen molar-refractivity contribution in [3.63, 3.8) is 0 Å². The molecular formula is C42H42Cl2N6O5. The van der Waals surface area contributed by atoms with E-state index in [-0.39, 0.29) is 19.8 Å². The minimum absolute atomic E-state index is 0.00547. The van der Waals surface area contributed by atoms with Crippen LogP contribution in [0.1, 0.15) is 38.9 Å². The number of aliphatic hydroxyl groups is 2. The van der Waals surface area contributed by atoms with Crippen molar-refractivity contribution in [1.29, 1.82) is 5.26 Å². The maximum atomic E-state index is 9.31. The molecule has 0 saturated carbocycles. The number of ether oxygens (including phenoxy) is 3. The molecule has 0 aliphatic carbocycles. The summed E-state index contributed by atoms with van der Waals surface area (Å²) in [5.74, 6) is 1.80. The van der Waals surface area contributed by atoms with E-state index in [0.29, 0.717) is 72.2 Å². The lowest BCUT2D eigenvalue weighted by Crippen LogP contribution is -2.18. The molecule has 55 heavy (non-hydrogen) atoms. The van der Waals surface area contributed by atoms with Crippen LogP contribution >= 0.6 is 23.2 Å². The Kier molecular flexibility index (Phi) is 13.6. The number of methoxy groups -OCH3 is 1. The summed E-state index contributed by atoms with van der Waals surface area (Å²) in [5.41, 5.74) is 8.87. The van der Waals surface area contributed by atoms with E-state index in [1.54, 1.807) is 25.4 Å². The molecular weight excluding hydrogens is 739 g/mol. The second kappa shape index (κ2) is 18.9. The molecule has 6 aromatic rings. The molecule has 4 N–H and O–H groups in total. The van der Waals surface area contributed by atoms with Crippen molar-refractivity contribution in [3.05, 3.63) is 134 Å². The van der Waals surface area contributed by atoms with Crippen LogP contribution in [-0.4, -0.2) is 58.4 Å². The predicted molar refractivity (Wildman–Crippen MR) is 214 cm³/mol. The summed E-state index contributed by atoms with van der Waals surface area (Å²) in [4.78, 5) is 4.15. The van der Waals surface area contributed by atoms with Gasteiger partial charge in [0.2, 0.25) is 0 Å². The number of hydrogen-bond acceptors (Lipinski definition) is 10. The molecule has 2 aromatic heterocycles. The Morgan fingerprint density at radius 1 is 0.764 bits per heavy atom. The third-order valence-electron chi connectivity index (χ3n) is 9.22. The summed E-state index contributed by atoms with van der Waals surface area (Å²) in [7, 11) is 1.60. The average molecular weight is 782 g/mol. The molecule has 0 atom stereocenters. The normalized spacial score (nSPS) is 11.1. The van der Waals surface area contributed by atoms with Gasteiger partial charge in [0.1, 0.15) is 36.5 Å². The molecule has 13 heteroatoms. The number of hydrogen-bond donors (Lipinski definition) is 4. The second-order valence-corrected chi connectivity index (χ2v) is 13.7. The summed E-state index contributed by atoms with van der Waals surface area (Å²) < 4.78 is 20.0. The lowest BCUT2D eigenvalue weighted by atomic mass is 9.94. The van der Waals surface area contributed by atoms with Gasteiger partial charge in [0.05, 0.1) is 49.2 Å². The molecule has 0 saturated heterocycles. The van der Waals surface area contributed by atoms with E-state index >= 15 is 0 Å². The van der Waals surface area contributed by atoms with Gasteiger partial charge in [-0.05, 0) is 65.1 Å². The molecule has 0 aliphatic heterocycles. The van der Waals surface area contributed by atoms with Crippen LogP contribution in [0.3, 0.4) is 0 Å². The Hall–Kier alpha value is -5.19. The molecule has 4 aromatic carbocycles. The van der Waals surface area contributed by atoms with Crippen molar-refractivity contribution in [2.24, 2.45) is 0 Å². The van der Waals surface area contributed by atoms with Crippen molar-refractivity contribution >= 4 is 34.1 Å². The Bertz CT molecular complexity index is 2310. The zero-order valence-corrected chi connectivity index (χ0v) is 32.1. The molecule has 0 unspecified atom stereocenters. The second-order valence-electron chi connectivity index (χ2n) is 12.8. The number of aliphatic hydroxyl groups excluding tert-OH is 2. The highest BCUT2D eigenvalue weighted by atomic mass is 35.5. The van der Waals surface area contributed by atoms with Crippen LogP contribution in [0.5, 0.6) is 17.2 Å². The number of fused-ring (bicyclic) bond motifs is 1. The fraction of sp³-hybridized carbons (Fsp3) is 0.262. The van der Waals surface area contributed by atoms with Gasteiger partial charge in [-0.1, -0.05) is 53.5 Å². The van der Waals surface area contributed by atoms with Crippen molar-refractivity contribution in [2.75, 3.05) is 33.4 Å². The van der Waals surface area contributed by atoms with Crippen LogP contribution in [0.15, 0.2) is 85.3 Å². The van der Waals surface area contributed by atoms with E-state index in [9.17, 15) is 10.4 Å². The van der Waals surface area contributed by atoms with Gasteiger partial charge < -0.3 is 35.1 Å². The first-order valence-corrected chi connectivity index (χ1v) is 18.5. The smallest absolute Gasteiger partial charge is 0.142 e. The van der Waals surface area contributed by atoms with E-state index in [2.05, 4.69) is 40.7 Å². The first-order chi connectivity index (χ1) is 26.8. The first kappa shape index (κ1) is 39.5. The summed E-state index contributed by atoms with van der Waals surface area (Å²) in [6.45, 7) is 4.88. The van der Waals surface area contributed by atoms with Crippen LogP contribution in [0.2, 0.25) is 10.0 Å². The molecule has 11 nitrogen and oxygen atoms in total. The molecule has 0 aliphatic rings.